The van der Waals surface area contributed by atoms with Crippen molar-refractivity contribution in [1.29, 1.82) is 0 Å². The topological polar surface area (TPSA) is 41.6 Å². The van der Waals surface area contributed by atoms with Crippen LogP contribution in [-0.2, 0) is 4.79 Å². The molecule has 1 atom stereocenters. The van der Waals surface area contributed by atoms with Crippen LogP contribution in [0.15, 0.2) is 42.5 Å². The summed E-state index contributed by atoms with van der Waals surface area (Å²) in [4.78, 5) is 15.5. The van der Waals surface area contributed by atoms with Gasteiger partial charge in [-0.3, -0.25) is 4.79 Å². The lowest BCUT2D eigenvalue weighted by Gasteiger charge is -2.39. The number of nitrogens with one attached hydrogen (secondary N) is 1. The number of carbonyl (C=O) groups is 1. The van der Waals surface area contributed by atoms with E-state index in [4.69, 9.17) is 4.74 Å². The van der Waals surface area contributed by atoms with Gasteiger partial charge in [0, 0.05) is 36.7 Å². The summed E-state index contributed by atoms with van der Waals surface area (Å²) in [6.45, 7) is 10.2. The first-order chi connectivity index (χ1) is 13.8. The molecule has 0 unspecified atom stereocenters. The Morgan fingerprint density at radius 2 is 1.69 bits per heavy atom. The number of fused-ring (bicyclic) bond motifs is 1. The minimum Gasteiger partial charge on any atom is -0.487 e. The van der Waals surface area contributed by atoms with Gasteiger partial charge in [-0.05, 0) is 64.3 Å². The highest BCUT2D eigenvalue weighted by Crippen LogP contribution is 2.40. The molecule has 1 saturated heterocycles. The first kappa shape index (κ1) is 19.8. The Morgan fingerprint density at radius 1 is 1.03 bits per heavy atom. The zero-order chi connectivity index (χ0) is 20.6. The van der Waals surface area contributed by atoms with E-state index >= 15 is 0 Å². The monoisotopic (exact) mass is 392 g/mol. The van der Waals surface area contributed by atoms with Crippen LogP contribution in [0.3, 0.4) is 0 Å². The first-order valence-electron chi connectivity index (χ1n) is 10.7. The molecular formula is C25H32N2O2. The quantitative estimate of drug-likeness (QED) is 0.804. The number of ether oxygens (including phenoxy) is 1. The summed E-state index contributed by atoms with van der Waals surface area (Å²) in [5.41, 5.74) is 4.52. The van der Waals surface area contributed by atoms with Crippen LogP contribution in [0.5, 0.6) is 5.75 Å². The third kappa shape index (κ3) is 4.42. The molecule has 1 fully saturated rings. The second-order valence-corrected chi connectivity index (χ2v) is 9.27. The van der Waals surface area contributed by atoms with Crippen LogP contribution in [0.1, 0.15) is 55.8 Å². The predicted octanol–water partition coefficient (Wildman–Crippen LogP) is 4.94. The number of piperidine rings is 1. The number of nitrogens with zero attached hydrogens (tertiary/aromatic N) is 1. The van der Waals surface area contributed by atoms with E-state index in [0.717, 1.165) is 43.7 Å². The van der Waals surface area contributed by atoms with Crippen molar-refractivity contribution in [2.24, 2.45) is 5.92 Å². The van der Waals surface area contributed by atoms with E-state index in [1.807, 2.05) is 0 Å². The van der Waals surface area contributed by atoms with Gasteiger partial charge in [0.2, 0.25) is 5.91 Å². The smallest absolute Gasteiger partial charge is 0.223 e. The van der Waals surface area contributed by atoms with E-state index in [9.17, 15) is 4.79 Å². The van der Waals surface area contributed by atoms with Gasteiger partial charge in [-0.15, -0.1) is 0 Å². The van der Waals surface area contributed by atoms with E-state index in [1.165, 1.54) is 16.8 Å². The van der Waals surface area contributed by atoms with Crippen molar-refractivity contribution in [3.05, 3.63) is 59.2 Å². The summed E-state index contributed by atoms with van der Waals surface area (Å²) in [6, 6.07) is 15.0. The molecule has 0 saturated carbocycles. The molecule has 2 heterocycles. The van der Waals surface area contributed by atoms with Gasteiger partial charge in [0.1, 0.15) is 11.4 Å². The van der Waals surface area contributed by atoms with Crippen LogP contribution in [0.2, 0.25) is 0 Å². The van der Waals surface area contributed by atoms with E-state index in [0.29, 0.717) is 0 Å². The molecule has 2 aliphatic heterocycles. The van der Waals surface area contributed by atoms with Gasteiger partial charge in [-0.2, -0.15) is 0 Å². The van der Waals surface area contributed by atoms with E-state index in [1.54, 1.807) is 0 Å². The van der Waals surface area contributed by atoms with E-state index < -0.39 is 0 Å². The summed E-state index contributed by atoms with van der Waals surface area (Å²) in [5, 5.41) is 3.34. The number of amides is 1. The van der Waals surface area contributed by atoms with Crippen molar-refractivity contribution in [1.82, 2.24) is 5.32 Å². The fourth-order valence-corrected chi connectivity index (χ4v) is 4.53. The maximum atomic E-state index is 13.1. The van der Waals surface area contributed by atoms with Crippen LogP contribution in [0.25, 0.3) is 0 Å². The van der Waals surface area contributed by atoms with Crippen LogP contribution in [-0.4, -0.2) is 24.6 Å². The average Bonchev–Trinajstić information content (AvgIpc) is 2.67. The van der Waals surface area contributed by atoms with Gasteiger partial charge >= 0.3 is 0 Å². The molecule has 1 amide bonds. The largest absolute Gasteiger partial charge is 0.487 e. The third-order valence-corrected chi connectivity index (χ3v) is 6.21. The number of benzene rings is 2. The van der Waals surface area contributed by atoms with Crippen molar-refractivity contribution >= 4 is 11.6 Å². The average molecular weight is 393 g/mol. The Labute approximate surface area is 174 Å². The SMILES string of the molecule is Cc1ccc(N2CCC(C(=O)N[C@H]3CC(C)(C)Oc4cc(C)ccc43)CC2)cc1. The number of anilines is 1. The molecule has 1 N–H and O–H groups in total. The lowest BCUT2D eigenvalue weighted by molar-refractivity contribution is -0.126. The Bertz CT molecular complexity index is 880. The molecule has 2 aliphatic rings. The molecule has 0 radical (unpaired) electrons. The molecule has 0 aromatic heterocycles. The summed E-state index contributed by atoms with van der Waals surface area (Å²) < 4.78 is 6.17. The summed E-state index contributed by atoms with van der Waals surface area (Å²) >= 11 is 0. The van der Waals surface area contributed by atoms with Gasteiger partial charge in [-0.25, -0.2) is 0 Å². The molecule has 0 spiro atoms. The summed E-state index contributed by atoms with van der Waals surface area (Å²) in [5.74, 6) is 1.17. The lowest BCUT2D eigenvalue weighted by atomic mass is 9.88. The van der Waals surface area contributed by atoms with Crippen LogP contribution >= 0.6 is 0 Å². The molecule has 0 bridgehead atoms. The molecule has 4 nitrogen and oxygen atoms in total. The van der Waals surface area contributed by atoms with Crippen LogP contribution < -0.4 is 15.0 Å². The third-order valence-electron chi connectivity index (χ3n) is 6.21. The van der Waals surface area contributed by atoms with Crippen LogP contribution in [0, 0.1) is 19.8 Å². The van der Waals surface area contributed by atoms with Gasteiger partial charge < -0.3 is 15.0 Å². The summed E-state index contributed by atoms with van der Waals surface area (Å²) in [6.07, 6.45) is 2.58. The van der Waals surface area contributed by atoms with E-state index in [-0.39, 0.29) is 23.5 Å². The first-order valence-corrected chi connectivity index (χ1v) is 10.7. The summed E-state index contributed by atoms with van der Waals surface area (Å²) in [7, 11) is 0. The number of aryl methyl sites for hydroxylation is 2. The molecule has 2 aromatic rings. The Kier molecular flexibility index (Phi) is 5.28. The van der Waals surface area contributed by atoms with Gasteiger partial charge in [0.15, 0.2) is 0 Å². The van der Waals surface area contributed by atoms with Gasteiger partial charge in [0.25, 0.3) is 0 Å². The lowest BCUT2D eigenvalue weighted by Crippen LogP contribution is -2.45. The Morgan fingerprint density at radius 3 is 2.38 bits per heavy atom. The minimum absolute atomic E-state index is 0.0111. The van der Waals surface area contributed by atoms with Crippen molar-refractivity contribution < 1.29 is 9.53 Å². The molecular weight excluding hydrogens is 360 g/mol. The Balaban J connectivity index is 1.41. The number of carbonyl (C=O) groups excluding carboxylic acids is 1. The molecule has 29 heavy (non-hydrogen) atoms. The maximum Gasteiger partial charge on any atom is 0.223 e. The van der Waals surface area contributed by atoms with Crippen molar-refractivity contribution in [3.63, 3.8) is 0 Å². The molecule has 4 rings (SSSR count). The van der Waals surface area contributed by atoms with Crippen molar-refractivity contribution in [2.75, 3.05) is 18.0 Å². The molecule has 0 aliphatic carbocycles. The zero-order valence-corrected chi connectivity index (χ0v) is 18.0. The zero-order valence-electron chi connectivity index (χ0n) is 18.0. The van der Waals surface area contributed by atoms with Gasteiger partial charge in [0.05, 0.1) is 6.04 Å². The number of hydrogen-bond acceptors (Lipinski definition) is 3. The predicted molar refractivity (Wildman–Crippen MR) is 118 cm³/mol. The van der Waals surface area contributed by atoms with Crippen molar-refractivity contribution in [3.8, 4) is 5.75 Å². The van der Waals surface area contributed by atoms with Gasteiger partial charge in [-0.1, -0.05) is 29.8 Å². The normalized spacial score (nSPS) is 21.2. The second-order valence-electron chi connectivity index (χ2n) is 9.27. The Hall–Kier alpha value is -2.49. The van der Waals surface area contributed by atoms with Crippen LogP contribution in [0.4, 0.5) is 5.69 Å². The molecule has 4 heteroatoms. The highest BCUT2D eigenvalue weighted by molar-refractivity contribution is 5.79. The maximum absolute atomic E-state index is 13.1. The minimum atomic E-state index is -0.284. The van der Waals surface area contributed by atoms with Crippen molar-refractivity contribution in [2.45, 2.75) is 58.6 Å². The highest BCUT2D eigenvalue weighted by Gasteiger charge is 2.36. The number of rotatable bonds is 3. The molecule has 2 aromatic carbocycles. The molecule has 154 valence electrons. The second kappa shape index (κ2) is 7.74. The fourth-order valence-electron chi connectivity index (χ4n) is 4.53. The fraction of sp³-hybridized carbons (Fsp3) is 0.480. The highest BCUT2D eigenvalue weighted by atomic mass is 16.5. The number of hydrogen-bond donors (Lipinski definition) is 1. The van der Waals surface area contributed by atoms with E-state index in [2.05, 4.69) is 80.4 Å². The standard InChI is InChI=1S/C25H32N2O2/c1-17-5-8-20(9-6-17)27-13-11-19(12-14-27)24(28)26-22-16-25(3,4)29-23-15-18(2)7-10-21(22)23/h5-10,15,19,22H,11-14,16H2,1-4H3,(H,26,28)/t22-/m0/s1.